The van der Waals surface area contributed by atoms with E-state index in [9.17, 15) is 0 Å². The lowest BCUT2D eigenvalue weighted by atomic mass is 9.95. The Morgan fingerprint density at radius 2 is 0.968 bits per heavy atom. The molecule has 0 aliphatic heterocycles. The van der Waals surface area contributed by atoms with Crippen molar-refractivity contribution in [1.82, 2.24) is 19.6 Å². The van der Waals surface area contributed by atoms with E-state index in [-0.39, 0.29) is 0 Å². The van der Waals surface area contributed by atoms with Crippen LogP contribution in [0.4, 0.5) is 0 Å². The first kappa shape index (κ1) is 35.5. The quantitative estimate of drug-likeness (QED) is 0.161. The number of aromatic nitrogens is 4. The third-order valence-corrected chi connectivity index (χ3v) is 11.8. The van der Waals surface area contributed by atoms with Gasteiger partial charge in [0, 0.05) is 55.1 Å². The molecule has 62 heavy (non-hydrogen) atoms. The third kappa shape index (κ3) is 6.06. The van der Waals surface area contributed by atoms with Crippen LogP contribution in [0, 0.1) is 0 Å². The number of benzene rings is 8. The molecule has 0 saturated carbocycles. The maximum atomic E-state index is 6.45. The second kappa shape index (κ2) is 14.7. The fourth-order valence-corrected chi connectivity index (χ4v) is 8.86. The first-order valence-electron chi connectivity index (χ1n) is 20.9. The molecule has 0 radical (unpaired) electrons. The Kier molecular flexibility index (Phi) is 8.42. The van der Waals surface area contributed by atoms with Crippen LogP contribution in [0.1, 0.15) is 0 Å². The van der Waals surface area contributed by atoms with Crippen molar-refractivity contribution in [2.24, 2.45) is 0 Å². The molecule has 12 rings (SSSR count). The van der Waals surface area contributed by atoms with Gasteiger partial charge in [0.1, 0.15) is 16.9 Å². The SMILES string of the molecule is c1ccc(-c2nc(-c3ccc(-c4c(-c5ccccc5)nn5c(-c6ccccc6)cc6ccccc6c45)cc3)cc(-c3cccc(-c4cccc5c4oc4ccccc45)c3)n2)cc1. The van der Waals surface area contributed by atoms with E-state index in [0.29, 0.717) is 5.82 Å². The Bertz CT molecular complexity index is 3610. The number of fused-ring (bicyclic) bond motifs is 6. The Morgan fingerprint density at radius 3 is 1.74 bits per heavy atom. The molecule has 0 unspecified atom stereocenters. The Hall–Kier alpha value is -8.41. The number of hydrogen-bond donors (Lipinski definition) is 0. The predicted molar refractivity (Wildman–Crippen MR) is 254 cm³/mol. The second-order valence-electron chi connectivity index (χ2n) is 15.6. The number of furan rings is 1. The van der Waals surface area contributed by atoms with Crippen LogP contribution in [0.15, 0.2) is 223 Å². The summed E-state index contributed by atoms with van der Waals surface area (Å²) in [5.74, 6) is 0.667. The molecule has 290 valence electrons. The topological polar surface area (TPSA) is 56.2 Å². The van der Waals surface area contributed by atoms with Gasteiger partial charge in [0.05, 0.1) is 22.6 Å². The molecule has 0 N–H and O–H groups in total. The largest absolute Gasteiger partial charge is 0.455 e. The molecule has 0 bridgehead atoms. The lowest BCUT2D eigenvalue weighted by molar-refractivity contribution is 0.670. The maximum Gasteiger partial charge on any atom is 0.160 e. The monoisotopic (exact) mass is 792 g/mol. The van der Waals surface area contributed by atoms with E-state index < -0.39 is 0 Å². The van der Waals surface area contributed by atoms with Crippen molar-refractivity contribution >= 4 is 38.2 Å². The highest BCUT2D eigenvalue weighted by Crippen LogP contribution is 2.42. The average molecular weight is 793 g/mol. The minimum Gasteiger partial charge on any atom is -0.455 e. The molecule has 5 heteroatoms. The van der Waals surface area contributed by atoms with Gasteiger partial charge < -0.3 is 4.42 Å². The maximum absolute atomic E-state index is 6.45. The van der Waals surface area contributed by atoms with Crippen LogP contribution < -0.4 is 0 Å². The summed E-state index contributed by atoms with van der Waals surface area (Å²) in [6.45, 7) is 0. The molecule has 12 aromatic rings. The van der Waals surface area contributed by atoms with E-state index >= 15 is 0 Å². The number of hydrogen-bond acceptors (Lipinski definition) is 4. The lowest BCUT2D eigenvalue weighted by Crippen LogP contribution is -1.96. The predicted octanol–water partition coefficient (Wildman–Crippen LogP) is 14.8. The van der Waals surface area contributed by atoms with E-state index in [0.717, 1.165) is 111 Å². The molecule has 8 aromatic carbocycles. The van der Waals surface area contributed by atoms with E-state index in [1.807, 2.05) is 30.3 Å². The minimum absolute atomic E-state index is 0.667. The fourth-order valence-electron chi connectivity index (χ4n) is 8.86. The second-order valence-corrected chi connectivity index (χ2v) is 15.6. The van der Waals surface area contributed by atoms with Gasteiger partial charge in [-0.05, 0) is 40.8 Å². The van der Waals surface area contributed by atoms with E-state index in [1.54, 1.807) is 0 Å². The average Bonchev–Trinajstić information content (AvgIpc) is 3.95. The van der Waals surface area contributed by atoms with Gasteiger partial charge in [-0.15, -0.1) is 0 Å². The van der Waals surface area contributed by atoms with E-state index in [1.165, 1.54) is 0 Å². The van der Waals surface area contributed by atoms with Crippen molar-refractivity contribution in [2.75, 3.05) is 0 Å². The summed E-state index contributed by atoms with van der Waals surface area (Å²) in [6, 6.07) is 76.1. The summed E-state index contributed by atoms with van der Waals surface area (Å²) >= 11 is 0. The molecule has 5 nitrogen and oxygen atoms in total. The van der Waals surface area contributed by atoms with Gasteiger partial charge in [-0.2, -0.15) is 5.10 Å². The molecule has 0 spiro atoms. The van der Waals surface area contributed by atoms with Gasteiger partial charge in [-0.25, -0.2) is 14.5 Å². The van der Waals surface area contributed by atoms with E-state index in [2.05, 4.69) is 193 Å². The first-order valence-corrected chi connectivity index (χ1v) is 20.9. The standard InChI is InChI=1S/C57H36N4O/c1-4-16-38(17-5-1)51-35-43-22-10-11-25-45(43)55-53(54(60-61(51)55)40-18-6-2-7-19-40)39-32-30-37(31-33-39)49-36-50(59-57(58-49)41-20-8-3-9-21-41)44-24-14-23-42(34-44)46-27-15-28-48-47-26-12-13-29-52(47)62-56(46)48/h1-36H. The molecule has 0 amide bonds. The smallest absolute Gasteiger partial charge is 0.160 e. The Morgan fingerprint density at radius 1 is 0.387 bits per heavy atom. The van der Waals surface area contributed by atoms with Gasteiger partial charge >= 0.3 is 0 Å². The zero-order chi connectivity index (χ0) is 41.0. The van der Waals surface area contributed by atoms with Gasteiger partial charge in [0.2, 0.25) is 0 Å². The zero-order valence-corrected chi connectivity index (χ0v) is 33.5. The molecule has 0 saturated heterocycles. The van der Waals surface area contributed by atoms with Crippen molar-refractivity contribution in [3.05, 3.63) is 218 Å². The molecule has 4 heterocycles. The normalized spacial score (nSPS) is 11.5. The third-order valence-electron chi connectivity index (χ3n) is 11.8. The van der Waals surface area contributed by atoms with Crippen LogP contribution in [-0.4, -0.2) is 19.6 Å². The summed E-state index contributed by atoms with van der Waals surface area (Å²) in [4.78, 5) is 10.4. The van der Waals surface area contributed by atoms with E-state index in [4.69, 9.17) is 19.5 Å². The van der Waals surface area contributed by atoms with Crippen LogP contribution in [0.5, 0.6) is 0 Å². The lowest BCUT2D eigenvalue weighted by Gasteiger charge is -2.12. The van der Waals surface area contributed by atoms with Crippen molar-refractivity contribution in [1.29, 1.82) is 0 Å². The number of rotatable bonds is 7. The Labute approximate surface area is 357 Å². The van der Waals surface area contributed by atoms with Crippen LogP contribution in [0.2, 0.25) is 0 Å². The number of para-hydroxylation sites is 2. The van der Waals surface area contributed by atoms with Gasteiger partial charge in [-0.1, -0.05) is 194 Å². The van der Waals surface area contributed by atoms with Gasteiger partial charge in [0.25, 0.3) is 0 Å². The molecule has 0 fully saturated rings. The molecule has 0 aliphatic rings. The van der Waals surface area contributed by atoms with Crippen molar-refractivity contribution < 1.29 is 4.42 Å². The van der Waals surface area contributed by atoms with Crippen LogP contribution in [0.25, 0.3) is 117 Å². The first-order chi connectivity index (χ1) is 30.7. The molecule has 0 aliphatic carbocycles. The highest BCUT2D eigenvalue weighted by atomic mass is 16.3. The van der Waals surface area contributed by atoms with Crippen LogP contribution >= 0.6 is 0 Å². The van der Waals surface area contributed by atoms with Crippen LogP contribution in [-0.2, 0) is 0 Å². The van der Waals surface area contributed by atoms with Crippen molar-refractivity contribution in [3.8, 4) is 78.7 Å². The van der Waals surface area contributed by atoms with Crippen molar-refractivity contribution in [2.45, 2.75) is 0 Å². The summed E-state index contributed by atoms with van der Waals surface area (Å²) in [5, 5.41) is 9.93. The van der Waals surface area contributed by atoms with Crippen LogP contribution in [0.3, 0.4) is 0 Å². The summed E-state index contributed by atoms with van der Waals surface area (Å²) in [6.07, 6.45) is 0. The Balaban J connectivity index is 1.01. The van der Waals surface area contributed by atoms with Gasteiger partial charge in [-0.3, -0.25) is 0 Å². The number of pyridine rings is 1. The molecular weight excluding hydrogens is 757 g/mol. The van der Waals surface area contributed by atoms with Gasteiger partial charge in [0.15, 0.2) is 5.82 Å². The summed E-state index contributed by atoms with van der Waals surface area (Å²) < 4.78 is 8.58. The summed E-state index contributed by atoms with van der Waals surface area (Å²) in [5.41, 5.74) is 15.8. The zero-order valence-electron chi connectivity index (χ0n) is 33.5. The molecule has 4 aromatic heterocycles. The molecule has 0 atom stereocenters. The minimum atomic E-state index is 0.667. The highest BCUT2D eigenvalue weighted by Gasteiger charge is 2.22. The fraction of sp³-hybridized carbons (Fsp3) is 0. The highest BCUT2D eigenvalue weighted by molar-refractivity contribution is 6.10. The van der Waals surface area contributed by atoms with Crippen molar-refractivity contribution in [3.63, 3.8) is 0 Å². The summed E-state index contributed by atoms with van der Waals surface area (Å²) in [7, 11) is 0. The number of nitrogens with zero attached hydrogens (tertiary/aromatic N) is 4. The molecular formula is C57H36N4O.